The maximum absolute atomic E-state index is 6.20. The van der Waals surface area contributed by atoms with Crippen molar-refractivity contribution in [3.05, 3.63) is 47.5 Å². The molecule has 39 heavy (non-hydrogen) atoms. The Bertz CT molecular complexity index is 835. The lowest BCUT2D eigenvalue weighted by molar-refractivity contribution is 0.204. The highest BCUT2D eigenvalue weighted by Gasteiger charge is 2.20. The lowest BCUT2D eigenvalue weighted by atomic mass is 10.1. The van der Waals surface area contributed by atoms with Crippen molar-refractivity contribution in [2.24, 2.45) is 0 Å². The van der Waals surface area contributed by atoms with Gasteiger partial charge in [-0.3, -0.25) is 9.80 Å². The molecular formula is C33H54Cl2N2O2. The number of benzene rings is 2. The molecule has 0 saturated heterocycles. The Morgan fingerprint density at radius 3 is 1.23 bits per heavy atom. The summed E-state index contributed by atoms with van der Waals surface area (Å²) in [7, 11) is 0. The van der Waals surface area contributed by atoms with E-state index in [1.165, 1.54) is 99.8 Å². The summed E-state index contributed by atoms with van der Waals surface area (Å²) in [5.41, 5.74) is 5.41. The fourth-order valence-electron chi connectivity index (χ4n) is 5.13. The number of nitrogens with zero attached hydrogens (tertiary/aromatic N) is 2. The number of fused-ring (bicyclic) bond motifs is 3. The molecule has 6 heteroatoms. The summed E-state index contributed by atoms with van der Waals surface area (Å²) >= 11 is 0. The monoisotopic (exact) mass is 580 g/mol. The second-order valence-electron chi connectivity index (χ2n) is 10.6. The Balaban J connectivity index is 0.00000380. The Labute approximate surface area is 251 Å². The molecule has 4 nitrogen and oxygen atoms in total. The van der Waals surface area contributed by atoms with Crippen LogP contribution in [-0.4, -0.2) is 62.3 Å². The third kappa shape index (κ3) is 11.9. The quantitative estimate of drug-likeness (QED) is 0.133. The molecule has 2 aromatic rings. The van der Waals surface area contributed by atoms with E-state index >= 15 is 0 Å². The maximum atomic E-state index is 6.20. The van der Waals surface area contributed by atoms with Crippen LogP contribution in [-0.2, 0) is 6.42 Å². The van der Waals surface area contributed by atoms with Gasteiger partial charge in [-0.1, -0.05) is 65.5 Å². The van der Waals surface area contributed by atoms with Gasteiger partial charge in [0.15, 0.2) is 0 Å². The van der Waals surface area contributed by atoms with Crippen LogP contribution >= 0.6 is 24.8 Å². The van der Waals surface area contributed by atoms with Crippen LogP contribution in [0.25, 0.3) is 11.1 Å². The molecule has 0 radical (unpaired) electrons. The van der Waals surface area contributed by atoms with Crippen molar-refractivity contribution >= 4 is 24.8 Å². The number of halogens is 2. The van der Waals surface area contributed by atoms with Gasteiger partial charge in [-0.25, -0.2) is 0 Å². The number of rotatable bonds is 20. The summed E-state index contributed by atoms with van der Waals surface area (Å²) in [5.74, 6) is 1.99. The molecule has 0 atom stereocenters. The van der Waals surface area contributed by atoms with Crippen molar-refractivity contribution in [3.8, 4) is 22.6 Å². The topological polar surface area (TPSA) is 24.9 Å². The van der Waals surface area contributed by atoms with Crippen LogP contribution in [0, 0.1) is 0 Å². The fraction of sp³-hybridized carbons (Fsp3) is 0.636. The molecule has 222 valence electrons. The predicted molar refractivity (Wildman–Crippen MR) is 173 cm³/mol. The van der Waals surface area contributed by atoms with Gasteiger partial charge in [-0.2, -0.15) is 0 Å². The molecule has 0 heterocycles. The van der Waals surface area contributed by atoms with E-state index in [1.54, 1.807) is 0 Å². The predicted octanol–water partition coefficient (Wildman–Crippen LogP) is 8.66. The van der Waals surface area contributed by atoms with Gasteiger partial charge in [0.05, 0.1) is 0 Å². The van der Waals surface area contributed by atoms with Gasteiger partial charge in [0.25, 0.3) is 0 Å². The van der Waals surface area contributed by atoms with Gasteiger partial charge < -0.3 is 9.47 Å². The Morgan fingerprint density at radius 1 is 0.538 bits per heavy atom. The van der Waals surface area contributed by atoms with Gasteiger partial charge in [0, 0.05) is 13.1 Å². The average molecular weight is 582 g/mol. The van der Waals surface area contributed by atoms with Crippen LogP contribution in [0.2, 0.25) is 0 Å². The van der Waals surface area contributed by atoms with Crippen LogP contribution < -0.4 is 9.47 Å². The molecule has 0 bridgehead atoms. The molecule has 0 aromatic heterocycles. The minimum Gasteiger partial charge on any atom is -0.492 e. The Kier molecular flexibility index (Phi) is 18.6. The number of unbranched alkanes of at least 4 members (excludes halogenated alkanes) is 4. The molecular weight excluding hydrogens is 527 g/mol. The summed E-state index contributed by atoms with van der Waals surface area (Å²) in [6.45, 7) is 17.3. The summed E-state index contributed by atoms with van der Waals surface area (Å²) in [4.78, 5) is 5.12. The summed E-state index contributed by atoms with van der Waals surface area (Å²) in [6, 6.07) is 13.3. The molecule has 0 amide bonds. The van der Waals surface area contributed by atoms with Crippen LogP contribution in [0.15, 0.2) is 36.4 Å². The molecule has 0 saturated carbocycles. The molecule has 0 unspecified atom stereocenters. The van der Waals surface area contributed by atoms with E-state index in [0.29, 0.717) is 0 Å². The smallest absolute Gasteiger partial charge is 0.119 e. The largest absolute Gasteiger partial charge is 0.492 e. The number of hydrogen-bond acceptors (Lipinski definition) is 4. The molecule has 2 aromatic carbocycles. The maximum Gasteiger partial charge on any atom is 0.119 e. The zero-order chi connectivity index (χ0) is 26.3. The molecule has 0 spiro atoms. The Morgan fingerprint density at radius 2 is 0.897 bits per heavy atom. The average Bonchev–Trinajstić information content (AvgIpc) is 3.28. The normalized spacial score (nSPS) is 11.6. The van der Waals surface area contributed by atoms with Crippen molar-refractivity contribution in [1.82, 2.24) is 9.80 Å². The van der Waals surface area contributed by atoms with E-state index in [0.717, 1.165) is 44.2 Å². The zero-order valence-corrected chi connectivity index (χ0v) is 26.6. The number of ether oxygens (including phenoxy) is 2. The van der Waals surface area contributed by atoms with Gasteiger partial charge in [-0.05, 0) is 105 Å². The first kappa shape index (κ1) is 35.6. The molecule has 1 aliphatic carbocycles. The highest BCUT2D eigenvalue weighted by atomic mass is 35.5. The van der Waals surface area contributed by atoms with Crippen molar-refractivity contribution in [2.45, 2.75) is 85.5 Å². The molecule has 1 aliphatic rings. The summed E-state index contributed by atoms with van der Waals surface area (Å²) in [6.07, 6.45) is 11.0. The van der Waals surface area contributed by atoms with Crippen molar-refractivity contribution in [2.75, 3.05) is 52.5 Å². The lowest BCUT2D eigenvalue weighted by Crippen LogP contribution is -2.30. The van der Waals surface area contributed by atoms with E-state index < -0.39 is 0 Å². The number of hydrogen-bond donors (Lipinski definition) is 0. The third-order valence-corrected chi connectivity index (χ3v) is 7.49. The SMILES string of the molecule is CCCCN(CCCC)CCOc1ccc2c(c1)Cc1cc(OCCN(CCCC)CCCC)ccc1-2.Cl.Cl. The van der Waals surface area contributed by atoms with E-state index in [1.807, 2.05) is 0 Å². The second kappa shape index (κ2) is 20.4. The molecule has 0 fully saturated rings. The van der Waals surface area contributed by atoms with Crippen molar-refractivity contribution < 1.29 is 9.47 Å². The minimum atomic E-state index is 0. The first-order valence-corrected chi connectivity index (χ1v) is 15.1. The minimum absolute atomic E-state index is 0. The van der Waals surface area contributed by atoms with Gasteiger partial charge in [0.1, 0.15) is 24.7 Å². The fourth-order valence-corrected chi connectivity index (χ4v) is 5.13. The standard InChI is InChI=1S/C33H52N2O2.2ClH/c1-5-9-17-34(18-10-6-2)21-23-36-30-13-15-32-28(26-30)25-29-27-31(14-16-33(29)32)37-24-22-35(19-11-7-3)20-12-8-4;;/h13-16,26-27H,5-12,17-25H2,1-4H3;2*1H. The molecule has 3 rings (SSSR count). The van der Waals surface area contributed by atoms with E-state index in [9.17, 15) is 0 Å². The summed E-state index contributed by atoms with van der Waals surface area (Å²) < 4.78 is 12.4. The van der Waals surface area contributed by atoms with Crippen molar-refractivity contribution in [1.29, 1.82) is 0 Å². The van der Waals surface area contributed by atoms with Gasteiger partial charge in [-0.15, -0.1) is 24.8 Å². The highest BCUT2D eigenvalue weighted by molar-refractivity contribution is 5.85. The Hall–Kier alpha value is -1.46. The van der Waals surface area contributed by atoms with Crippen LogP contribution in [0.3, 0.4) is 0 Å². The van der Waals surface area contributed by atoms with Crippen LogP contribution in [0.1, 0.15) is 90.2 Å². The van der Waals surface area contributed by atoms with E-state index in [-0.39, 0.29) is 24.8 Å². The second-order valence-corrected chi connectivity index (χ2v) is 10.6. The first-order valence-electron chi connectivity index (χ1n) is 15.1. The van der Waals surface area contributed by atoms with E-state index in [4.69, 9.17) is 9.47 Å². The summed E-state index contributed by atoms with van der Waals surface area (Å²) in [5, 5.41) is 0. The lowest BCUT2D eigenvalue weighted by Gasteiger charge is -2.22. The highest BCUT2D eigenvalue weighted by Crippen LogP contribution is 2.39. The van der Waals surface area contributed by atoms with Crippen LogP contribution in [0.4, 0.5) is 0 Å². The van der Waals surface area contributed by atoms with E-state index in [2.05, 4.69) is 73.9 Å². The van der Waals surface area contributed by atoms with Gasteiger partial charge in [0.2, 0.25) is 0 Å². The van der Waals surface area contributed by atoms with Gasteiger partial charge >= 0.3 is 0 Å². The molecule has 0 N–H and O–H groups in total. The molecule has 0 aliphatic heterocycles. The first-order chi connectivity index (χ1) is 18.2. The van der Waals surface area contributed by atoms with Crippen molar-refractivity contribution in [3.63, 3.8) is 0 Å². The third-order valence-electron chi connectivity index (χ3n) is 7.49. The van der Waals surface area contributed by atoms with Crippen LogP contribution in [0.5, 0.6) is 11.5 Å². The zero-order valence-electron chi connectivity index (χ0n) is 25.0.